The number of carbonyl (C=O) groups is 1. The molecule has 4 aromatic rings. The van der Waals surface area contributed by atoms with E-state index in [9.17, 15) is 13.6 Å². The molecule has 0 unspecified atom stereocenters. The third-order valence-corrected chi connectivity index (χ3v) is 5.05. The largest absolute Gasteiger partial charge is 0.361 e. The average molecular weight is 405 g/mol. The van der Waals surface area contributed by atoms with Crippen LogP contribution in [0.5, 0.6) is 0 Å². The van der Waals surface area contributed by atoms with E-state index in [0.717, 1.165) is 16.5 Å². The van der Waals surface area contributed by atoms with Gasteiger partial charge in [0.25, 0.3) is 0 Å². The first-order chi connectivity index (χ1) is 14.6. The van der Waals surface area contributed by atoms with E-state index in [0.29, 0.717) is 18.5 Å². The van der Waals surface area contributed by atoms with Crippen molar-refractivity contribution in [3.63, 3.8) is 0 Å². The zero-order valence-corrected chi connectivity index (χ0v) is 16.2. The van der Waals surface area contributed by atoms with Crippen LogP contribution in [-0.2, 0) is 13.0 Å². The molecule has 1 heterocycles. The summed E-state index contributed by atoms with van der Waals surface area (Å²) >= 11 is 0. The molecule has 0 spiro atoms. The molecule has 0 radical (unpaired) electrons. The highest BCUT2D eigenvalue weighted by Crippen LogP contribution is 2.20. The fourth-order valence-electron chi connectivity index (χ4n) is 3.44. The van der Waals surface area contributed by atoms with Crippen LogP contribution in [0.4, 0.5) is 19.3 Å². The minimum absolute atomic E-state index is 0.0787. The Morgan fingerprint density at radius 2 is 1.57 bits per heavy atom. The normalized spacial score (nSPS) is 10.9. The van der Waals surface area contributed by atoms with E-state index in [1.54, 1.807) is 30.3 Å². The number of halogens is 2. The zero-order valence-electron chi connectivity index (χ0n) is 16.2. The third-order valence-electron chi connectivity index (χ3n) is 5.05. The number of H-pyrrole nitrogens is 1. The van der Waals surface area contributed by atoms with Crippen LogP contribution in [0.1, 0.15) is 11.1 Å². The van der Waals surface area contributed by atoms with Gasteiger partial charge in [-0.05, 0) is 36.2 Å². The Balaban J connectivity index is 1.55. The van der Waals surface area contributed by atoms with Gasteiger partial charge in [0, 0.05) is 29.2 Å². The van der Waals surface area contributed by atoms with E-state index in [2.05, 4.69) is 10.3 Å². The number of aromatic nitrogens is 1. The molecule has 0 saturated carbocycles. The van der Waals surface area contributed by atoms with Crippen LogP contribution >= 0.6 is 0 Å². The van der Waals surface area contributed by atoms with E-state index in [1.807, 2.05) is 30.5 Å². The van der Waals surface area contributed by atoms with E-state index >= 15 is 0 Å². The standard InChI is InChI=1S/C24H21F2N3O/c25-20-9-3-1-7-18(20)16-29(24(30)28-23-12-6-4-10-21(23)26)14-13-17-15-27-22-11-5-2-8-19(17)22/h1-12,15,27H,13-14,16H2,(H,28,30). The van der Waals surface area contributed by atoms with Crippen LogP contribution in [0.15, 0.2) is 79.0 Å². The molecule has 2 amide bonds. The minimum Gasteiger partial charge on any atom is -0.361 e. The van der Waals surface area contributed by atoms with Crippen molar-refractivity contribution in [2.24, 2.45) is 0 Å². The second-order valence-electron chi connectivity index (χ2n) is 7.03. The third kappa shape index (κ3) is 4.33. The lowest BCUT2D eigenvalue weighted by molar-refractivity contribution is 0.209. The van der Waals surface area contributed by atoms with Crippen LogP contribution in [-0.4, -0.2) is 22.5 Å². The van der Waals surface area contributed by atoms with Crippen molar-refractivity contribution in [3.05, 3.63) is 102 Å². The Labute approximate surface area is 173 Å². The number of aromatic amines is 1. The molecule has 2 N–H and O–H groups in total. The van der Waals surface area contributed by atoms with Crippen LogP contribution in [0, 0.1) is 11.6 Å². The topological polar surface area (TPSA) is 48.1 Å². The van der Waals surface area contributed by atoms with Gasteiger partial charge in [-0.15, -0.1) is 0 Å². The smallest absolute Gasteiger partial charge is 0.322 e. The second-order valence-corrected chi connectivity index (χ2v) is 7.03. The first-order valence-corrected chi connectivity index (χ1v) is 9.70. The number of nitrogens with one attached hydrogen (secondary N) is 2. The number of para-hydroxylation sites is 2. The number of benzene rings is 3. The molecule has 6 heteroatoms. The van der Waals surface area contributed by atoms with Gasteiger partial charge in [-0.25, -0.2) is 13.6 Å². The maximum absolute atomic E-state index is 14.2. The van der Waals surface area contributed by atoms with Gasteiger partial charge in [-0.2, -0.15) is 0 Å². The van der Waals surface area contributed by atoms with Gasteiger partial charge in [0.05, 0.1) is 12.2 Å². The molecule has 30 heavy (non-hydrogen) atoms. The van der Waals surface area contributed by atoms with Gasteiger partial charge in [0.15, 0.2) is 0 Å². The molecule has 0 aliphatic rings. The van der Waals surface area contributed by atoms with Crippen molar-refractivity contribution in [3.8, 4) is 0 Å². The van der Waals surface area contributed by atoms with Gasteiger partial charge in [-0.1, -0.05) is 48.5 Å². The highest BCUT2D eigenvalue weighted by atomic mass is 19.1. The molecule has 0 atom stereocenters. The maximum atomic E-state index is 14.2. The molecule has 0 bridgehead atoms. The molecule has 0 fully saturated rings. The average Bonchev–Trinajstić information content (AvgIpc) is 3.17. The zero-order chi connectivity index (χ0) is 20.9. The summed E-state index contributed by atoms with van der Waals surface area (Å²) < 4.78 is 28.2. The first kappa shape index (κ1) is 19.6. The van der Waals surface area contributed by atoms with Gasteiger partial charge < -0.3 is 15.2 Å². The van der Waals surface area contributed by atoms with Gasteiger partial charge in [-0.3, -0.25) is 0 Å². The number of carbonyl (C=O) groups excluding carboxylic acids is 1. The number of hydrogen-bond acceptors (Lipinski definition) is 1. The van der Waals surface area contributed by atoms with Crippen LogP contribution in [0.25, 0.3) is 10.9 Å². The van der Waals surface area contributed by atoms with Crippen molar-refractivity contribution in [1.82, 2.24) is 9.88 Å². The summed E-state index contributed by atoms with van der Waals surface area (Å²) in [5.41, 5.74) is 2.57. The molecule has 0 aliphatic heterocycles. The highest BCUT2D eigenvalue weighted by molar-refractivity contribution is 5.89. The number of anilines is 1. The van der Waals surface area contributed by atoms with E-state index in [4.69, 9.17) is 0 Å². The minimum atomic E-state index is -0.520. The summed E-state index contributed by atoms with van der Waals surface area (Å²) in [6.07, 6.45) is 2.49. The van der Waals surface area contributed by atoms with Gasteiger partial charge in [0.2, 0.25) is 0 Å². The number of nitrogens with zero attached hydrogens (tertiary/aromatic N) is 1. The number of fused-ring (bicyclic) bond motifs is 1. The van der Waals surface area contributed by atoms with Crippen molar-refractivity contribution in [1.29, 1.82) is 0 Å². The van der Waals surface area contributed by atoms with E-state index in [1.165, 1.54) is 23.1 Å². The molecule has 152 valence electrons. The first-order valence-electron chi connectivity index (χ1n) is 9.70. The molecule has 0 aliphatic carbocycles. The molecule has 1 aromatic heterocycles. The lowest BCUT2D eigenvalue weighted by Gasteiger charge is -2.23. The van der Waals surface area contributed by atoms with Gasteiger partial charge >= 0.3 is 6.03 Å². The molecule has 4 rings (SSSR count). The quantitative estimate of drug-likeness (QED) is 0.423. The molecule has 0 saturated heterocycles. The van der Waals surface area contributed by atoms with E-state index in [-0.39, 0.29) is 18.0 Å². The van der Waals surface area contributed by atoms with Crippen LogP contribution in [0.3, 0.4) is 0 Å². The molecule has 3 aromatic carbocycles. The summed E-state index contributed by atoms with van der Waals surface area (Å²) in [5, 5.41) is 3.68. The van der Waals surface area contributed by atoms with Crippen LogP contribution in [0.2, 0.25) is 0 Å². The van der Waals surface area contributed by atoms with Crippen molar-refractivity contribution in [2.75, 3.05) is 11.9 Å². The maximum Gasteiger partial charge on any atom is 0.322 e. The summed E-state index contributed by atoms with van der Waals surface area (Å²) in [6, 6.07) is 19.7. The lowest BCUT2D eigenvalue weighted by atomic mass is 10.1. The Hall–Kier alpha value is -3.67. The Bertz CT molecular complexity index is 1170. The fourth-order valence-corrected chi connectivity index (χ4v) is 3.44. The summed E-state index contributed by atoms with van der Waals surface area (Å²) in [6.45, 7) is 0.422. The van der Waals surface area contributed by atoms with Crippen molar-refractivity contribution < 1.29 is 13.6 Å². The lowest BCUT2D eigenvalue weighted by Crippen LogP contribution is -2.36. The Morgan fingerprint density at radius 1 is 0.867 bits per heavy atom. The van der Waals surface area contributed by atoms with Crippen LogP contribution < -0.4 is 5.32 Å². The van der Waals surface area contributed by atoms with E-state index < -0.39 is 11.8 Å². The molecule has 4 nitrogen and oxygen atoms in total. The predicted molar refractivity (Wildman–Crippen MR) is 114 cm³/mol. The SMILES string of the molecule is O=C(Nc1ccccc1F)N(CCc1c[nH]c2ccccc12)Cc1ccccc1F. The summed E-state index contributed by atoms with van der Waals surface area (Å²) in [4.78, 5) is 17.6. The number of amides is 2. The monoisotopic (exact) mass is 405 g/mol. The summed E-state index contributed by atoms with van der Waals surface area (Å²) in [7, 11) is 0. The highest BCUT2D eigenvalue weighted by Gasteiger charge is 2.18. The Morgan fingerprint density at radius 3 is 2.37 bits per heavy atom. The number of rotatable bonds is 6. The summed E-state index contributed by atoms with van der Waals surface area (Å²) in [5.74, 6) is -0.901. The number of urea groups is 1. The fraction of sp³-hybridized carbons (Fsp3) is 0.125. The molecular formula is C24H21F2N3O. The van der Waals surface area contributed by atoms with Crippen molar-refractivity contribution >= 4 is 22.6 Å². The second kappa shape index (κ2) is 8.78. The predicted octanol–water partition coefficient (Wildman–Crippen LogP) is 5.72. The number of hydrogen-bond donors (Lipinski definition) is 2. The van der Waals surface area contributed by atoms with Crippen molar-refractivity contribution in [2.45, 2.75) is 13.0 Å². The molecular weight excluding hydrogens is 384 g/mol. The van der Waals surface area contributed by atoms with Gasteiger partial charge in [0.1, 0.15) is 11.6 Å². The Kier molecular flexibility index (Phi) is 5.75.